The first kappa shape index (κ1) is 41.9. The van der Waals surface area contributed by atoms with Gasteiger partial charge >= 0.3 is 0 Å². The molecule has 0 N–H and O–H groups in total. The maximum absolute atomic E-state index is 5.65. The molecule has 0 aliphatic carbocycles. The summed E-state index contributed by atoms with van der Waals surface area (Å²) in [6.45, 7) is 24.4. The minimum Gasteiger partial charge on any atom is -0.446 e. The Balaban J connectivity index is -0.000000407. The molecule has 0 aromatic carbocycles. The fraction of sp³-hybridized carbons (Fsp3) is 0.760. The van der Waals surface area contributed by atoms with Crippen molar-refractivity contribution in [1.82, 2.24) is 0 Å². The van der Waals surface area contributed by atoms with Crippen molar-refractivity contribution in [2.45, 2.75) is 102 Å². The Labute approximate surface area is 291 Å². The molecule has 0 saturated carbocycles. The summed E-state index contributed by atoms with van der Waals surface area (Å²) >= 11 is 0. The molecule has 9 heteroatoms. The molecule has 0 amide bonds. The molecule has 0 bridgehead atoms. The van der Waals surface area contributed by atoms with E-state index in [1.807, 2.05) is 12.8 Å². The summed E-state index contributed by atoms with van der Waals surface area (Å²) in [5.41, 5.74) is -0.613. The van der Waals surface area contributed by atoms with Gasteiger partial charge in [0.15, 0.2) is 0 Å². The van der Waals surface area contributed by atoms with Crippen LogP contribution in [0.4, 0.5) is 0 Å². The van der Waals surface area contributed by atoms with Crippen LogP contribution in [0.1, 0.15) is 67.2 Å². The molecule has 3 rings (SSSR count). The van der Waals surface area contributed by atoms with Crippen LogP contribution >= 0.6 is 0 Å². The predicted molar refractivity (Wildman–Crippen MR) is 132 cm³/mol. The molecular weight excluding hydrogens is 647 g/mol. The van der Waals surface area contributed by atoms with Gasteiger partial charge in [0.2, 0.25) is 0 Å². The zero-order valence-electron chi connectivity index (χ0n) is 22.3. The van der Waals surface area contributed by atoms with E-state index >= 15 is 0 Å². The Morgan fingerprint density at radius 2 is 0.971 bits per heavy atom. The van der Waals surface area contributed by atoms with Crippen LogP contribution in [-0.2, 0) is 112 Å². The maximum Gasteiger partial charge on any atom is 0.0625 e. The van der Waals surface area contributed by atoms with Crippen molar-refractivity contribution in [3.8, 4) is 0 Å². The Bertz CT molecular complexity index is 515. The Morgan fingerprint density at radius 3 is 1.09 bits per heavy atom. The average molecular weight is 689 g/mol. The van der Waals surface area contributed by atoms with Crippen LogP contribution in [0, 0.1) is 57.8 Å². The molecule has 0 aromatic rings. The topological polar surface area (TPSA) is 27.7 Å². The summed E-state index contributed by atoms with van der Waals surface area (Å²) in [5.74, 6) is 1.17. The van der Waals surface area contributed by atoms with Crippen molar-refractivity contribution < 1.29 is 112 Å². The van der Waals surface area contributed by atoms with Gasteiger partial charge in [0, 0.05) is 104 Å². The summed E-state index contributed by atoms with van der Waals surface area (Å²) < 4.78 is 16.5. The van der Waals surface area contributed by atoms with Gasteiger partial charge in [0.1, 0.15) is 0 Å². The second-order valence-electron chi connectivity index (χ2n) is 9.20. The van der Waals surface area contributed by atoms with E-state index in [9.17, 15) is 0 Å². The molecule has 3 heterocycles. The standard InChI is InChI=1S/C9H15BO.2C8H13BO.3Y/c1-4-9(5-2)7(3)6-8(10)11-9;2*1-4-8(3)6(2)5-7(9)10-8;;;/h6-8H,1,4-5H2,2-3H3;2*5-7H,3-4H2,1-2H3;;;/q3*-2;;;/t7-,8+,9?;6-,7?,8?;6-,7+,8?;;;/m010.../s1. The van der Waals surface area contributed by atoms with Crippen molar-refractivity contribution in [3.05, 3.63) is 40.0 Å². The fourth-order valence-electron chi connectivity index (χ4n) is 4.31. The first-order chi connectivity index (χ1) is 14.3. The van der Waals surface area contributed by atoms with E-state index in [-0.39, 0.29) is 133 Å². The molecule has 34 heavy (non-hydrogen) atoms. The summed E-state index contributed by atoms with van der Waals surface area (Å²) in [6.07, 6.45) is 9.66. The summed E-state index contributed by atoms with van der Waals surface area (Å²) in [5, 5.41) is 0. The smallest absolute Gasteiger partial charge is 0.0625 e. The van der Waals surface area contributed by atoms with Gasteiger partial charge in [-0.1, -0.05) is 71.6 Å². The van der Waals surface area contributed by atoms with Crippen LogP contribution in [0.2, 0.25) is 0 Å². The van der Waals surface area contributed by atoms with Crippen LogP contribution in [0.15, 0.2) is 0 Å². The van der Waals surface area contributed by atoms with E-state index in [4.69, 9.17) is 37.7 Å². The van der Waals surface area contributed by atoms with E-state index in [2.05, 4.69) is 68.7 Å². The maximum atomic E-state index is 5.65. The molecule has 9 atom stereocenters. The normalized spacial score (nSPS) is 42.6. The van der Waals surface area contributed by atoms with Crippen LogP contribution < -0.4 is 0 Å². The molecule has 3 fully saturated rings. The third-order valence-corrected chi connectivity index (χ3v) is 7.26. The first-order valence-electron chi connectivity index (χ1n) is 11.7. The largest absolute Gasteiger partial charge is 0.446 e. The predicted octanol–water partition coefficient (Wildman–Crippen LogP) is 4.39. The number of rotatable bonds is 4. The molecule has 3 aliphatic heterocycles. The average Bonchev–Trinajstić information content (AvgIpc) is 3.26. The molecule has 183 valence electrons. The SMILES string of the molecule is [B]C1[CH-][C@@H](C)C([CH2-])(CC)O1.[B][C@H]1[CH-][C@H](C)C(C[CH2-])(CC)O1.[B][C@H]1[CH-][C@H](C)C([CH2-])(CC)O1.[Y].[Y].[Y]. The molecule has 0 spiro atoms. The van der Waals surface area contributed by atoms with E-state index in [1.165, 1.54) is 0 Å². The van der Waals surface area contributed by atoms with Crippen molar-refractivity contribution in [2.75, 3.05) is 0 Å². The third kappa shape index (κ3) is 11.5. The molecule has 4 unspecified atom stereocenters. The zero-order valence-corrected chi connectivity index (χ0v) is 30.8. The second kappa shape index (κ2) is 18.7. The molecule has 0 aromatic heterocycles. The van der Waals surface area contributed by atoms with Gasteiger partial charge in [0.05, 0.1) is 23.5 Å². The van der Waals surface area contributed by atoms with Crippen molar-refractivity contribution in [3.63, 3.8) is 0 Å². The van der Waals surface area contributed by atoms with Crippen LogP contribution in [0.3, 0.4) is 0 Å². The monoisotopic (exact) mass is 689 g/mol. The molecular formula is C25H41B3O3Y3-6. The number of hydrogen-bond donors (Lipinski definition) is 0. The molecule has 3 nitrogen and oxygen atoms in total. The van der Waals surface area contributed by atoms with Crippen LogP contribution in [-0.4, -0.2) is 58.4 Å². The van der Waals surface area contributed by atoms with E-state index < -0.39 is 0 Å². The minimum absolute atomic E-state index is 0. The molecule has 3 aliphatic rings. The van der Waals surface area contributed by atoms with Gasteiger partial charge < -0.3 is 54.2 Å². The van der Waals surface area contributed by atoms with Gasteiger partial charge in [-0.2, -0.15) is 18.3 Å². The summed E-state index contributed by atoms with van der Waals surface area (Å²) in [6, 6.07) is -0.619. The number of ether oxygens (including phenoxy) is 3. The minimum atomic E-state index is -0.264. The van der Waals surface area contributed by atoms with Crippen LogP contribution in [0.5, 0.6) is 0 Å². The van der Waals surface area contributed by atoms with Crippen LogP contribution in [0.25, 0.3) is 0 Å². The van der Waals surface area contributed by atoms with Gasteiger partial charge in [-0.05, 0) is 6.42 Å². The van der Waals surface area contributed by atoms with Gasteiger partial charge in [-0.15, -0.1) is 17.9 Å². The van der Waals surface area contributed by atoms with Crippen molar-refractivity contribution in [1.29, 1.82) is 0 Å². The van der Waals surface area contributed by atoms with E-state index in [0.29, 0.717) is 17.8 Å². The van der Waals surface area contributed by atoms with Crippen molar-refractivity contribution >= 4 is 23.5 Å². The zero-order chi connectivity index (χ0) is 24.0. The third-order valence-electron chi connectivity index (χ3n) is 7.26. The summed E-state index contributed by atoms with van der Waals surface area (Å²) in [7, 11) is 16.8. The summed E-state index contributed by atoms with van der Waals surface area (Å²) in [4.78, 5) is 0. The number of hydrogen-bond acceptors (Lipinski definition) is 3. The molecule has 9 radical (unpaired) electrons. The van der Waals surface area contributed by atoms with Gasteiger partial charge in [-0.3, -0.25) is 0 Å². The Hall–Kier alpha value is 3.39. The quantitative estimate of drug-likeness (QED) is 0.325. The van der Waals surface area contributed by atoms with Gasteiger partial charge in [0.25, 0.3) is 0 Å². The van der Waals surface area contributed by atoms with Gasteiger partial charge in [-0.25, -0.2) is 0 Å². The van der Waals surface area contributed by atoms with E-state index in [0.717, 1.165) is 25.7 Å². The van der Waals surface area contributed by atoms with Crippen molar-refractivity contribution in [2.24, 2.45) is 17.8 Å². The Morgan fingerprint density at radius 1 is 0.647 bits per heavy atom. The Kier molecular flexibility index (Phi) is 23.0. The molecule has 3 saturated heterocycles. The first-order valence-corrected chi connectivity index (χ1v) is 11.7. The van der Waals surface area contributed by atoms with E-state index in [1.54, 1.807) is 0 Å². The second-order valence-corrected chi connectivity index (χ2v) is 9.20. The fourth-order valence-corrected chi connectivity index (χ4v) is 4.31.